The van der Waals surface area contributed by atoms with E-state index in [-0.39, 0.29) is 28.8 Å². The maximum atomic E-state index is 12.1. The monoisotopic (exact) mass is 382 g/mol. The van der Waals surface area contributed by atoms with Crippen LogP contribution < -0.4 is 9.03 Å². The van der Waals surface area contributed by atoms with Gasteiger partial charge < -0.3 is 4.74 Å². The number of benzene rings is 1. The van der Waals surface area contributed by atoms with Gasteiger partial charge in [0.2, 0.25) is 20.0 Å². The van der Waals surface area contributed by atoms with Crippen LogP contribution in [0.4, 0.5) is 11.4 Å². The number of ether oxygens (including phenoxy) is 1. The van der Waals surface area contributed by atoms with Crippen LogP contribution in [0, 0.1) is 0 Å². The molecular weight excluding hydrogens is 364 g/mol. The number of nitrogens with zero attached hydrogens (tertiary/aromatic N) is 1. The van der Waals surface area contributed by atoms with E-state index in [0.29, 0.717) is 18.7 Å². The molecule has 0 unspecified atom stereocenters. The van der Waals surface area contributed by atoms with Gasteiger partial charge in [0.1, 0.15) is 0 Å². The number of methoxy groups -OCH3 is 1. The molecule has 7 nitrogen and oxygen atoms in total. The Bertz CT molecular complexity index is 765. The van der Waals surface area contributed by atoms with Crippen LogP contribution >= 0.6 is 11.6 Å². The minimum Gasteiger partial charge on any atom is -0.384 e. The van der Waals surface area contributed by atoms with Gasteiger partial charge in [0.25, 0.3) is 0 Å². The van der Waals surface area contributed by atoms with E-state index in [1.165, 1.54) is 29.6 Å². The lowest BCUT2D eigenvalue weighted by Crippen LogP contribution is -2.38. The molecule has 1 heterocycles. The van der Waals surface area contributed by atoms with Crippen molar-refractivity contribution < 1.29 is 21.6 Å². The fourth-order valence-corrected chi connectivity index (χ4v) is 5.22. The second kappa shape index (κ2) is 7.25. The molecule has 2 rings (SSSR count). The molecule has 0 spiro atoms. The zero-order chi connectivity index (χ0) is 17.1. The zero-order valence-electron chi connectivity index (χ0n) is 12.7. The molecule has 0 radical (unpaired) electrons. The maximum Gasteiger partial charge on any atom is 0.235 e. The van der Waals surface area contributed by atoms with Crippen molar-refractivity contribution in [1.82, 2.24) is 0 Å². The first-order chi connectivity index (χ1) is 10.7. The van der Waals surface area contributed by atoms with E-state index in [0.717, 1.165) is 6.42 Å². The predicted molar refractivity (Wildman–Crippen MR) is 91.1 cm³/mol. The normalized spacial score (nSPS) is 17.9. The number of rotatable bonds is 6. The quantitative estimate of drug-likeness (QED) is 0.807. The van der Waals surface area contributed by atoms with Crippen molar-refractivity contribution in [2.45, 2.75) is 12.8 Å². The van der Waals surface area contributed by atoms with Crippen molar-refractivity contribution in [3.8, 4) is 0 Å². The van der Waals surface area contributed by atoms with Gasteiger partial charge >= 0.3 is 0 Å². The van der Waals surface area contributed by atoms with Gasteiger partial charge in [-0.15, -0.1) is 0 Å². The summed E-state index contributed by atoms with van der Waals surface area (Å²) >= 11 is 6.16. The standard InChI is InChI=1S/C13H19ClN2O5S2/c1-21-7-9-22(17,18)15-11-4-5-13(12(14)10-11)16-6-2-3-8-23(16,19)20/h4-5,10,15H,2-3,6-9H2,1H3. The second-order valence-electron chi connectivity index (χ2n) is 5.18. The number of hydrogen-bond donors (Lipinski definition) is 1. The molecule has 0 atom stereocenters. The summed E-state index contributed by atoms with van der Waals surface area (Å²) in [6.07, 6.45) is 1.40. The van der Waals surface area contributed by atoms with Gasteiger partial charge in [-0.05, 0) is 31.0 Å². The molecular formula is C13H19ClN2O5S2. The van der Waals surface area contributed by atoms with Crippen molar-refractivity contribution >= 4 is 43.0 Å². The van der Waals surface area contributed by atoms with Gasteiger partial charge in [-0.1, -0.05) is 11.6 Å². The predicted octanol–water partition coefficient (Wildman–Crippen LogP) is 1.66. The minimum atomic E-state index is -3.54. The minimum absolute atomic E-state index is 0.0766. The van der Waals surface area contributed by atoms with Crippen molar-refractivity contribution in [2.24, 2.45) is 0 Å². The first-order valence-corrected chi connectivity index (χ1v) is 10.7. The maximum absolute atomic E-state index is 12.1. The summed E-state index contributed by atoms with van der Waals surface area (Å²) in [5, 5.41) is 0.183. The smallest absolute Gasteiger partial charge is 0.235 e. The lowest BCUT2D eigenvalue weighted by atomic mass is 10.2. The number of hydrogen-bond acceptors (Lipinski definition) is 5. The lowest BCUT2D eigenvalue weighted by Gasteiger charge is -2.29. The molecule has 10 heteroatoms. The first kappa shape index (κ1) is 18.3. The number of halogens is 1. The fourth-order valence-electron chi connectivity index (χ4n) is 2.26. The molecule has 1 aliphatic heterocycles. The van der Waals surface area contributed by atoms with E-state index in [9.17, 15) is 16.8 Å². The summed E-state index contributed by atoms with van der Waals surface area (Å²) in [7, 11) is -5.49. The van der Waals surface area contributed by atoms with Crippen LogP contribution in [-0.4, -0.2) is 48.6 Å². The number of anilines is 2. The average Bonchev–Trinajstić information content (AvgIpc) is 2.45. The second-order valence-corrected chi connectivity index (χ2v) is 9.44. The Hall–Kier alpha value is -1.03. The van der Waals surface area contributed by atoms with Crippen LogP contribution in [0.2, 0.25) is 5.02 Å². The van der Waals surface area contributed by atoms with Gasteiger partial charge in [-0.3, -0.25) is 9.03 Å². The first-order valence-electron chi connectivity index (χ1n) is 7.04. The summed E-state index contributed by atoms with van der Waals surface area (Å²) in [6, 6.07) is 4.42. The fraction of sp³-hybridized carbons (Fsp3) is 0.538. The van der Waals surface area contributed by atoms with E-state index in [2.05, 4.69) is 4.72 Å². The Morgan fingerprint density at radius 3 is 2.70 bits per heavy atom. The summed E-state index contributed by atoms with van der Waals surface area (Å²) in [6.45, 7) is 0.453. The average molecular weight is 383 g/mol. The SMILES string of the molecule is COCCS(=O)(=O)Nc1ccc(N2CCCCS2(=O)=O)c(Cl)c1. The number of nitrogens with one attached hydrogen (secondary N) is 1. The Morgan fingerprint density at radius 1 is 1.35 bits per heavy atom. The molecule has 1 aliphatic rings. The van der Waals surface area contributed by atoms with Crippen LogP contribution in [0.1, 0.15) is 12.8 Å². The zero-order valence-corrected chi connectivity index (χ0v) is 15.0. The van der Waals surface area contributed by atoms with Gasteiger partial charge in [0.15, 0.2) is 0 Å². The molecule has 1 N–H and O–H groups in total. The van der Waals surface area contributed by atoms with E-state index in [1.807, 2.05) is 0 Å². The molecule has 0 saturated carbocycles. The molecule has 130 valence electrons. The van der Waals surface area contributed by atoms with Gasteiger partial charge in [0.05, 0.1) is 34.5 Å². The molecule has 1 saturated heterocycles. The van der Waals surface area contributed by atoms with Crippen molar-refractivity contribution in [1.29, 1.82) is 0 Å². The molecule has 0 bridgehead atoms. The van der Waals surface area contributed by atoms with Crippen LogP contribution in [0.25, 0.3) is 0 Å². The Balaban J connectivity index is 2.21. The third-order valence-corrected chi connectivity index (χ3v) is 6.80. The topological polar surface area (TPSA) is 92.8 Å². The highest BCUT2D eigenvalue weighted by atomic mass is 35.5. The summed E-state index contributed by atoms with van der Waals surface area (Å²) in [5.41, 5.74) is 0.649. The van der Waals surface area contributed by atoms with E-state index < -0.39 is 20.0 Å². The summed E-state index contributed by atoms with van der Waals surface area (Å²) in [4.78, 5) is 0. The molecule has 1 fully saturated rings. The van der Waals surface area contributed by atoms with Gasteiger partial charge in [-0.2, -0.15) is 0 Å². The summed E-state index contributed by atoms with van der Waals surface area (Å²) < 4.78 is 56.3. The molecule has 1 aromatic carbocycles. The highest BCUT2D eigenvalue weighted by molar-refractivity contribution is 7.93. The molecule has 0 amide bonds. The third kappa shape index (κ3) is 4.72. The van der Waals surface area contributed by atoms with Crippen LogP contribution in [0.15, 0.2) is 18.2 Å². The highest BCUT2D eigenvalue weighted by Gasteiger charge is 2.27. The van der Waals surface area contributed by atoms with Crippen LogP contribution in [0.5, 0.6) is 0 Å². The molecule has 0 aliphatic carbocycles. The van der Waals surface area contributed by atoms with E-state index >= 15 is 0 Å². The Labute approximate surface area is 141 Å². The van der Waals surface area contributed by atoms with Crippen molar-refractivity contribution in [2.75, 3.05) is 40.8 Å². The van der Waals surface area contributed by atoms with Gasteiger partial charge in [0, 0.05) is 13.7 Å². The molecule has 23 heavy (non-hydrogen) atoms. The molecule has 1 aromatic rings. The Kier molecular flexibility index (Phi) is 5.77. The van der Waals surface area contributed by atoms with Crippen molar-refractivity contribution in [3.05, 3.63) is 23.2 Å². The largest absolute Gasteiger partial charge is 0.384 e. The number of sulfonamides is 2. The van der Waals surface area contributed by atoms with E-state index in [4.69, 9.17) is 16.3 Å². The van der Waals surface area contributed by atoms with Crippen LogP contribution in [0.3, 0.4) is 0 Å². The Morgan fingerprint density at radius 2 is 2.09 bits per heavy atom. The van der Waals surface area contributed by atoms with Gasteiger partial charge in [-0.25, -0.2) is 16.8 Å². The van der Waals surface area contributed by atoms with Crippen LogP contribution in [-0.2, 0) is 24.8 Å². The highest BCUT2D eigenvalue weighted by Crippen LogP contribution is 2.33. The third-order valence-electron chi connectivity index (χ3n) is 3.40. The van der Waals surface area contributed by atoms with E-state index in [1.54, 1.807) is 0 Å². The molecule has 0 aromatic heterocycles. The summed E-state index contributed by atoms with van der Waals surface area (Å²) in [5.74, 6) is -0.0852. The van der Waals surface area contributed by atoms with Crippen molar-refractivity contribution in [3.63, 3.8) is 0 Å². The lowest BCUT2D eigenvalue weighted by molar-refractivity contribution is 0.217.